The maximum Gasteiger partial charge on any atom is 0.416 e. The largest absolute Gasteiger partial charge is 0.481 e. The van der Waals surface area contributed by atoms with E-state index in [-0.39, 0.29) is 11.6 Å². The smallest absolute Gasteiger partial charge is 0.416 e. The maximum absolute atomic E-state index is 13.5. The second-order valence-corrected chi connectivity index (χ2v) is 7.09. The lowest BCUT2D eigenvalue weighted by Gasteiger charge is -2.24. The molecular weight excluding hydrogens is 449 g/mol. The molecule has 1 aromatic carbocycles. The van der Waals surface area contributed by atoms with Crippen LogP contribution in [0.5, 0.6) is 0 Å². The molecular formula is C19H13F7N4O2. The minimum atomic E-state index is -5.05. The van der Waals surface area contributed by atoms with Crippen molar-refractivity contribution in [2.75, 3.05) is 0 Å². The van der Waals surface area contributed by atoms with Crippen LogP contribution in [0.4, 0.5) is 30.7 Å². The van der Waals surface area contributed by atoms with Crippen LogP contribution in [0.1, 0.15) is 23.6 Å². The highest BCUT2D eigenvalue weighted by Gasteiger charge is 2.39. The number of pyridine rings is 1. The minimum absolute atomic E-state index is 0.0273. The zero-order valence-corrected chi connectivity index (χ0v) is 16.0. The lowest BCUT2D eigenvalue weighted by molar-refractivity contribution is -0.144. The molecule has 6 nitrogen and oxygen atoms in total. The van der Waals surface area contributed by atoms with Gasteiger partial charge in [-0.05, 0) is 36.8 Å². The van der Waals surface area contributed by atoms with Gasteiger partial charge in [-0.2, -0.15) is 31.4 Å². The van der Waals surface area contributed by atoms with Gasteiger partial charge in [-0.25, -0.2) is 9.37 Å². The van der Waals surface area contributed by atoms with Crippen LogP contribution in [0, 0.1) is 5.82 Å². The Kier molecular flexibility index (Phi) is 5.70. The molecule has 0 radical (unpaired) electrons. The summed E-state index contributed by atoms with van der Waals surface area (Å²) in [5.74, 6) is -2.66. The van der Waals surface area contributed by atoms with Crippen molar-refractivity contribution in [2.24, 2.45) is 0 Å². The molecule has 0 aliphatic rings. The fraction of sp³-hybridized carbons (Fsp3) is 0.263. The van der Waals surface area contributed by atoms with Crippen LogP contribution in [0.25, 0.3) is 11.4 Å². The van der Waals surface area contributed by atoms with Crippen LogP contribution in [0.2, 0.25) is 0 Å². The molecule has 1 unspecified atom stereocenters. The van der Waals surface area contributed by atoms with E-state index in [1.54, 1.807) is 0 Å². The Bertz CT molecular complexity index is 1120. The number of hydrogen-bond acceptors (Lipinski definition) is 4. The van der Waals surface area contributed by atoms with Gasteiger partial charge in [0.15, 0.2) is 5.82 Å². The number of aliphatic carboxylic acids is 1. The molecule has 0 fully saturated rings. The Morgan fingerprint density at radius 1 is 0.969 bits per heavy atom. The molecule has 3 rings (SSSR count). The normalized spacial score (nSPS) is 14.2. The first-order valence-corrected chi connectivity index (χ1v) is 8.74. The molecule has 0 aliphatic heterocycles. The lowest BCUT2D eigenvalue weighted by atomic mass is 9.83. The summed E-state index contributed by atoms with van der Waals surface area (Å²) in [6.45, 7) is 0.782. The second kappa shape index (κ2) is 7.88. The third-order valence-corrected chi connectivity index (χ3v) is 4.67. The fourth-order valence-corrected chi connectivity index (χ4v) is 2.91. The molecule has 0 spiro atoms. The molecule has 0 aliphatic carbocycles. The van der Waals surface area contributed by atoms with Crippen molar-refractivity contribution >= 4 is 5.97 Å². The summed E-state index contributed by atoms with van der Waals surface area (Å²) in [5.41, 5.74) is -5.44. The molecule has 2 aromatic heterocycles. The fourth-order valence-electron chi connectivity index (χ4n) is 2.91. The van der Waals surface area contributed by atoms with E-state index in [0.29, 0.717) is 12.1 Å². The second-order valence-electron chi connectivity index (χ2n) is 7.09. The third-order valence-electron chi connectivity index (χ3n) is 4.67. The summed E-state index contributed by atoms with van der Waals surface area (Å²) in [7, 11) is 0. The molecule has 0 bridgehead atoms. The molecule has 32 heavy (non-hydrogen) atoms. The van der Waals surface area contributed by atoms with Gasteiger partial charge < -0.3 is 5.11 Å². The number of halogens is 7. The van der Waals surface area contributed by atoms with Crippen molar-refractivity contribution in [3.05, 3.63) is 65.5 Å². The van der Waals surface area contributed by atoms with Crippen LogP contribution in [-0.2, 0) is 29.1 Å². The van der Waals surface area contributed by atoms with Crippen LogP contribution in [-0.4, -0.2) is 30.8 Å². The van der Waals surface area contributed by atoms with Gasteiger partial charge in [-0.1, -0.05) is 0 Å². The number of hydrogen-bond donors (Lipinski definition) is 1. The van der Waals surface area contributed by atoms with Crippen LogP contribution < -0.4 is 0 Å². The number of benzene rings is 1. The molecule has 0 saturated heterocycles. The van der Waals surface area contributed by atoms with Gasteiger partial charge in [0.2, 0.25) is 0 Å². The zero-order valence-electron chi connectivity index (χ0n) is 16.0. The Morgan fingerprint density at radius 2 is 1.56 bits per heavy atom. The summed E-state index contributed by atoms with van der Waals surface area (Å²) < 4.78 is 92.9. The molecule has 1 atom stereocenters. The topological polar surface area (TPSA) is 80.9 Å². The summed E-state index contributed by atoms with van der Waals surface area (Å²) in [6, 6.07) is 1.84. The average molecular weight is 462 g/mol. The van der Waals surface area contributed by atoms with E-state index in [1.165, 1.54) is 6.92 Å². The van der Waals surface area contributed by atoms with Gasteiger partial charge in [-0.3, -0.25) is 14.5 Å². The van der Waals surface area contributed by atoms with E-state index < -0.39 is 58.6 Å². The number of carboxylic acid groups (broad SMARTS) is 1. The van der Waals surface area contributed by atoms with Gasteiger partial charge in [0.25, 0.3) is 0 Å². The van der Waals surface area contributed by atoms with Crippen LogP contribution in [0.15, 0.2) is 43.0 Å². The number of rotatable bonds is 5. The van der Waals surface area contributed by atoms with Gasteiger partial charge >= 0.3 is 18.3 Å². The highest BCUT2D eigenvalue weighted by atomic mass is 19.4. The highest BCUT2D eigenvalue weighted by molar-refractivity contribution is 5.80. The summed E-state index contributed by atoms with van der Waals surface area (Å²) in [5, 5.41) is 13.5. The molecule has 2 heterocycles. The molecule has 0 amide bonds. The Balaban J connectivity index is 2.02. The quantitative estimate of drug-likeness (QED) is 0.563. The number of carbonyl (C=O) groups is 1. The number of alkyl halides is 6. The Morgan fingerprint density at radius 3 is 2.06 bits per heavy atom. The van der Waals surface area contributed by atoms with Crippen molar-refractivity contribution in [1.82, 2.24) is 19.7 Å². The number of aromatic nitrogens is 4. The van der Waals surface area contributed by atoms with E-state index in [9.17, 15) is 40.6 Å². The predicted octanol–water partition coefficient (Wildman–Crippen LogP) is 4.56. The van der Waals surface area contributed by atoms with Crippen LogP contribution >= 0.6 is 0 Å². The van der Waals surface area contributed by atoms with E-state index >= 15 is 0 Å². The van der Waals surface area contributed by atoms with Crippen molar-refractivity contribution < 1.29 is 40.6 Å². The number of nitrogens with zero attached hydrogens (tertiary/aromatic N) is 4. The van der Waals surface area contributed by atoms with Crippen molar-refractivity contribution in [3.63, 3.8) is 0 Å². The molecule has 3 aromatic rings. The third kappa shape index (κ3) is 4.70. The van der Waals surface area contributed by atoms with Crippen molar-refractivity contribution in [3.8, 4) is 11.4 Å². The summed E-state index contributed by atoms with van der Waals surface area (Å²) in [6.07, 6.45) is -7.16. The van der Waals surface area contributed by atoms with Gasteiger partial charge in [0.1, 0.15) is 17.6 Å². The molecule has 170 valence electrons. The zero-order chi connectivity index (χ0) is 23.9. The first-order valence-electron chi connectivity index (χ1n) is 8.74. The predicted molar refractivity (Wildman–Crippen MR) is 94.6 cm³/mol. The van der Waals surface area contributed by atoms with E-state index in [0.717, 1.165) is 29.5 Å². The lowest BCUT2D eigenvalue weighted by Crippen LogP contribution is -2.37. The molecule has 0 saturated carbocycles. The van der Waals surface area contributed by atoms with E-state index in [1.807, 2.05) is 0 Å². The molecule has 1 N–H and O–H groups in total. The maximum atomic E-state index is 13.5. The molecule has 13 heteroatoms. The minimum Gasteiger partial charge on any atom is -0.481 e. The van der Waals surface area contributed by atoms with Gasteiger partial charge in [0.05, 0.1) is 23.9 Å². The van der Waals surface area contributed by atoms with Crippen molar-refractivity contribution in [2.45, 2.75) is 31.2 Å². The summed E-state index contributed by atoms with van der Waals surface area (Å²) >= 11 is 0. The summed E-state index contributed by atoms with van der Waals surface area (Å²) in [4.78, 5) is 19.2. The monoisotopic (exact) mass is 462 g/mol. The first kappa shape index (κ1) is 23.2. The Hall–Kier alpha value is -3.51. The Labute approximate surface area is 175 Å². The SMILES string of the molecule is CC(Cn1cnc(-c2cc(C(F)(F)F)cc(C(F)(F)F)c2)n1)(C(=O)O)c1cncc(F)c1. The average Bonchev–Trinajstić information content (AvgIpc) is 3.14. The highest BCUT2D eigenvalue weighted by Crippen LogP contribution is 2.38. The van der Waals surface area contributed by atoms with Crippen LogP contribution in [0.3, 0.4) is 0 Å². The van der Waals surface area contributed by atoms with Gasteiger partial charge in [0, 0.05) is 11.8 Å². The standard InChI is InChI=1S/C19H13F7N4O2/c1-17(16(31)32,13-5-14(20)7-27-6-13)8-30-9-28-15(29-30)10-2-11(18(21,22)23)4-12(3-10)19(24,25)26/h2-7,9H,8H2,1H3,(H,31,32). The number of carboxylic acids is 1. The van der Waals surface area contributed by atoms with E-state index in [2.05, 4.69) is 15.1 Å². The van der Waals surface area contributed by atoms with Gasteiger partial charge in [-0.15, -0.1) is 0 Å². The first-order chi connectivity index (χ1) is 14.7. The van der Waals surface area contributed by atoms with Crippen molar-refractivity contribution in [1.29, 1.82) is 0 Å². The van der Waals surface area contributed by atoms with E-state index in [4.69, 9.17) is 0 Å².